The van der Waals surface area contributed by atoms with Crippen molar-refractivity contribution in [3.05, 3.63) is 83.4 Å². The molecule has 0 fully saturated rings. The van der Waals surface area contributed by atoms with Gasteiger partial charge in [0.15, 0.2) is 6.61 Å². The van der Waals surface area contributed by atoms with Gasteiger partial charge in [0.05, 0.1) is 10.6 Å². The van der Waals surface area contributed by atoms with E-state index < -0.39 is 18.5 Å². The van der Waals surface area contributed by atoms with E-state index in [9.17, 15) is 9.59 Å². The summed E-state index contributed by atoms with van der Waals surface area (Å²) in [4.78, 5) is 24.6. The molecule has 0 unspecified atom stereocenters. The molecular formula is C22H19ClN2O3. The lowest BCUT2D eigenvalue weighted by atomic mass is 10.0. The standard InChI is InChI=1S/C22H19ClN2O3/c1-24-16-11-12-19(23)18(13-16)22(27)28-14-21(26)25-20-10-6-5-9-17(20)15-7-3-2-4-8-15/h2-13,24H,14H2,1H3,(H,25,26). The van der Waals surface area contributed by atoms with Crippen LogP contribution in [0.15, 0.2) is 72.8 Å². The highest BCUT2D eigenvalue weighted by molar-refractivity contribution is 6.33. The highest BCUT2D eigenvalue weighted by Gasteiger charge is 2.15. The first kappa shape index (κ1) is 19.5. The van der Waals surface area contributed by atoms with Crippen LogP contribution in [0.4, 0.5) is 11.4 Å². The number of halogens is 1. The minimum atomic E-state index is -0.659. The van der Waals surface area contributed by atoms with E-state index >= 15 is 0 Å². The summed E-state index contributed by atoms with van der Waals surface area (Å²) in [6, 6.07) is 22.1. The monoisotopic (exact) mass is 394 g/mol. The Morgan fingerprint density at radius 1 is 0.964 bits per heavy atom. The molecule has 0 aliphatic carbocycles. The number of para-hydroxylation sites is 1. The molecule has 142 valence electrons. The lowest BCUT2D eigenvalue weighted by Crippen LogP contribution is -2.21. The maximum atomic E-state index is 12.3. The maximum Gasteiger partial charge on any atom is 0.340 e. The van der Waals surface area contributed by atoms with E-state index in [0.29, 0.717) is 5.69 Å². The summed E-state index contributed by atoms with van der Waals surface area (Å²) in [6.07, 6.45) is 0. The zero-order valence-corrected chi connectivity index (χ0v) is 16.0. The Kier molecular flexibility index (Phi) is 6.29. The number of nitrogens with one attached hydrogen (secondary N) is 2. The van der Waals surface area contributed by atoms with Crippen molar-refractivity contribution in [3.8, 4) is 11.1 Å². The Morgan fingerprint density at radius 2 is 1.68 bits per heavy atom. The van der Waals surface area contributed by atoms with Crippen LogP contribution in [-0.2, 0) is 9.53 Å². The number of anilines is 2. The van der Waals surface area contributed by atoms with E-state index in [1.165, 1.54) is 0 Å². The smallest absolute Gasteiger partial charge is 0.340 e. The molecule has 0 saturated carbocycles. The third-order valence-corrected chi connectivity index (χ3v) is 4.42. The molecule has 0 bridgehead atoms. The lowest BCUT2D eigenvalue weighted by Gasteiger charge is -2.12. The number of hydrogen-bond acceptors (Lipinski definition) is 4. The fourth-order valence-electron chi connectivity index (χ4n) is 2.69. The lowest BCUT2D eigenvalue weighted by molar-refractivity contribution is -0.119. The summed E-state index contributed by atoms with van der Waals surface area (Å²) in [6.45, 7) is -0.415. The van der Waals surface area contributed by atoms with E-state index in [0.717, 1.165) is 16.8 Å². The Balaban J connectivity index is 1.67. The molecule has 6 heteroatoms. The molecule has 1 amide bonds. The van der Waals surface area contributed by atoms with Crippen molar-refractivity contribution in [2.75, 3.05) is 24.3 Å². The number of benzene rings is 3. The molecule has 0 spiro atoms. The van der Waals surface area contributed by atoms with Gasteiger partial charge in [-0.25, -0.2) is 4.79 Å². The summed E-state index contributed by atoms with van der Waals surface area (Å²) in [7, 11) is 1.73. The molecule has 3 aromatic rings. The van der Waals surface area contributed by atoms with Crippen molar-refractivity contribution < 1.29 is 14.3 Å². The molecule has 3 aromatic carbocycles. The fourth-order valence-corrected chi connectivity index (χ4v) is 2.89. The number of ether oxygens (including phenoxy) is 1. The molecule has 2 N–H and O–H groups in total. The van der Waals surface area contributed by atoms with E-state index in [1.54, 1.807) is 31.3 Å². The molecule has 0 saturated heterocycles. The van der Waals surface area contributed by atoms with Crippen LogP contribution < -0.4 is 10.6 Å². The molecule has 0 aliphatic heterocycles. The predicted molar refractivity (Wildman–Crippen MR) is 112 cm³/mol. The van der Waals surface area contributed by atoms with Crippen LogP contribution in [0.1, 0.15) is 10.4 Å². The van der Waals surface area contributed by atoms with Crippen LogP contribution in [0.2, 0.25) is 5.02 Å². The van der Waals surface area contributed by atoms with Gasteiger partial charge in [-0.05, 0) is 29.8 Å². The highest BCUT2D eigenvalue weighted by atomic mass is 35.5. The van der Waals surface area contributed by atoms with Crippen molar-refractivity contribution in [1.29, 1.82) is 0 Å². The fraction of sp³-hybridized carbons (Fsp3) is 0.0909. The Labute approximate surface area is 168 Å². The second-order valence-corrected chi connectivity index (χ2v) is 6.39. The van der Waals surface area contributed by atoms with Gasteiger partial charge >= 0.3 is 5.97 Å². The second-order valence-electron chi connectivity index (χ2n) is 5.98. The van der Waals surface area contributed by atoms with Gasteiger partial charge in [-0.15, -0.1) is 0 Å². The molecule has 0 radical (unpaired) electrons. The average Bonchev–Trinajstić information content (AvgIpc) is 2.73. The minimum Gasteiger partial charge on any atom is -0.452 e. The molecule has 3 rings (SSSR count). The number of hydrogen-bond donors (Lipinski definition) is 2. The van der Waals surface area contributed by atoms with Crippen LogP contribution >= 0.6 is 11.6 Å². The predicted octanol–water partition coefficient (Wildman–Crippen LogP) is 4.84. The summed E-state index contributed by atoms with van der Waals surface area (Å²) < 4.78 is 5.12. The van der Waals surface area contributed by atoms with Crippen LogP contribution in [-0.4, -0.2) is 25.5 Å². The summed E-state index contributed by atoms with van der Waals surface area (Å²) in [5.41, 5.74) is 3.42. The van der Waals surface area contributed by atoms with Gasteiger partial charge in [0.1, 0.15) is 0 Å². The summed E-state index contributed by atoms with van der Waals surface area (Å²) in [5, 5.41) is 5.98. The van der Waals surface area contributed by atoms with E-state index in [-0.39, 0.29) is 10.6 Å². The molecular weight excluding hydrogens is 376 g/mol. The highest BCUT2D eigenvalue weighted by Crippen LogP contribution is 2.27. The van der Waals surface area contributed by atoms with Gasteiger partial charge in [0.2, 0.25) is 0 Å². The van der Waals surface area contributed by atoms with Crippen molar-refractivity contribution in [2.24, 2.45) is 0 Å². The van der Waals surface area contributed by atoms with Crippen molar-refractivity contribution in [1.82, 2.24) is 0 Å². The van der Waals surface area contributed by atoms with Gasteiger partial charge in [-0.3, -0.25) is 4.79 Å². The first-order valence-corrected chi connectivity index (χ1v) is 9.05. The first-order valence-electron chi connectivity index (χ1n) is 8.67. The van der Waals surface area contributed by atoms with Gasteiger partial charge in [-0.1, -0.05) is 60.1 Å². The number of carbonyl (C=O) groups is 2. The molecule has 0 aliphatic rings. The zero-order valence-electron chi connectivity index (χ0n) is 15.2. The van der Waals surface area contributed by atoms with Gasteiger partial charge in [0.25, 0.3) is 5.91 Å². The molecule has 5 nitrogen and oxygen atoms in total. The Bertz CT molecular complexity index is 990. The molecule has 0 aromatic heterocycles. The van der Waals surface area contributed by atoms with Gasteiger partial charge < -0.3 is 15.4 Å². The Morgan fingerprint density at radius 3 is 2.43 bits per heavy atom. The third-order valence-electron chi connectivity index (χ3n) is 4.10. The van der Waals surface area contributed by atoms with Crippen LogP contribution in [0.3, 0.4) is 0 Å². The van der Waals surface area contributed by atoms with Gasteiger partial charge in [-0.2, -0.15) is 0 Å². The second kappa shape index (κ2) is 9.06. The summed E-state index contributed by atoms with van der Waals surface area (Å²) >= 11 is 6.05. The summed E-state index contributed by atoms with van der Waals surface area (Å²) in [5.74, 6) is -1.09. The topological polar surface area (TPSA) is 67.4 Å². The van der Waals surface area contributed by atoms with Crippen LogP contribution in [0.25, 0.3) is 11.1 Å². The van der Waals surface area contributed by atoms with E-state index in [2.05, 4.69) is 10.6 Å². The van der Waals surface area contributed by atoms with Gasteiger partial charge in [0, 0.05) is 24.0 Å². The van der Waals surface area contributed by atoms with Crippen molar-refractivity contribution >= 4 is 34.9 Å². The maximum absolute atomic E-state index is 12.3. The van der Waals surface area contributed by atoms with Crippen LogP contribution in [0.5, 0.6) is 0 Å². The first-order chi connectivity index (χ1) is 13.6. The van der Waals surface area contributed by atoms with Crippen molar-refractivity contribution in [3.63, 3.8) is 0 Å². The zero-order chi connectivity index (χ0) is 19.9. The number of carbonyl (C=O) groups excluding carboxylic acids is 2. The quantitative estimate of drug-likeness (QED) is 0.587. The number of esters is 1. The number of amides is 1. The average molecular weight is 395 g/mol. The molecule has 0 atom stereocenters. The van der Waals surface area contributed by atoms with E-state index in [4.69, 9.17) is 16.3 Å². The third kappa shape index (κ3) is 4.69. The van der Waals surface area contributed by atoms with Crippen molar-refractivity contribution in [2.45, 2.75) is 0 Å². The van der Waals surface area contributed by atoms with Crippen LogP contribution in [0, 0.1) is 0 Å². The molecule has 0 heterocycles. The number of rotatable bonds is 6. The van der Waals surface area contributed by atoms with E-state index in [1.807, 2.05) is 48.5 Å². The minimum absolute atomic E-state index is 0.200. The molecule has 28 heavy (non-hydrogen) atoms. The normalized spacial score (nSPS) is 10.2. The Hall–Kier alpha value is -3.31. The SMILES string of the molecule is CNc1ccc(Cl)c(C(=O)OCC(=O)Nc2ccccc2-c2ccccc2)c1. The largest absolute Gasteiger partial charge is 0.452 e.